The molecule has 0 bridgehead atoms. The number of hydrogen-bond donors (Lipinski definition) is 0. The molecule has 1 rings (SSSR count). The number of allylic oxidation sites excluding steroid dienone is 1. The van der Waals surface area contributed by atoms with Gasteiger partial charge in [-0.2, -0.15) is 0 Å². The fourth-order valence-corrected chi connectivity index (χ4v) is 4.65. The molecule has 0 aliphatic heterocycles. The van der Waals surface area contributed by atoms with Gasteiger partial charge in [-0.15, -0.1) is 0 Å². The molecule has 1 saturated carbocycles. The number of rotatable bonds is 8. The van der Waals surface area contributed by atoms with Crippen LogP contribution in [0.3, 0.4) is 0 Å². The maximum Gasteiger partial charge on any atom is 0.0686 e. The molecule has 1 unspecified atom stereocenters. The summed E-state index contributed by atoms with van der Waals surface area (Å²) < 4.78 is 0. The van der Waals surface area contributed by atoms with Crippen LogP contribution in [0.5, 0.6) is 0 Å². The Balaban J connectivity index is 2.10. The topological polar surface area (TPSA) is 0 Å². The van der Waals surface area contributed by atoms with Crippen molar-refractivity contribution in [2.45, 2.75) is 90.8 Å². The van der Waals surface area contributed by atoms with Crippen LogP contribution in [-0.2, 0) is 0 Å². The zero-order chi connectivity index (χ0) is 13.4. The fraction of sp³-hybridized carbons (Fsp3) is 0.882. The summed E-state index contributed by atoms with van der Waals surface area (Å²) in [6, 6.07) is 0. The van der Waals surface area contributed by atoms with E-state index in [4.69, 9.17) is 0 Å². The predicted octanol–water partition coefficient (Wildman–Crippen LogP) is 6.34. The Morgan fingerprint density at radius 3 is 2.39 bits per heavy atom. The third-order valence-electron chi connectivity index (χ3n) is 4.03. The van der Waals surface area contributed by atoms with Crippen LogP contribution in [-0.4, -0.2) is 8.07 Å². The summed E-state index contributed by atoms with van der Waals surface area (Å²) >= 11 is 0. The second-order valence-electron chi connectivity index (χ2n) is 7.33. The summed E-state index contributed by atoms with van der Waals surface area (Å²) in [7, 11) is -0.967. The van der Waals surface area contributed by atoms with E-state index in [1.807, 2.05) is 0 Å². The lowest BCUT2D eigenvalue weighted by atomic mass is 9.99. The van der Waals surface area contributed by atoms with Crippen molar-refractivity contribution in [2.75, 3.05) is 0 Å². The Morgan fingerprint density at radius 1 is 1.06 bits per heavy atom. The van der Waals surface area contributed by atoms with E-state index in [0.29, 0.717) is 0 Å². The van der Waals surface area contributed by atoms with Crippen LogP contribution in [0.25, 0.3) is 0 Å². The molecule has 1 aliphatic carbocycles. The van der Waals surface area contributed by atoms with Crippen molar-refractivity contribution in [3.8, 4) is 0 Å². The first-order valence-electron chi connectivity index (χ1n) is 8.22. The molecule has 0 N–H and O–H groups in total. The van der Waals surface area contributed by atoms with Gasteiger partial charge in [-0.25, -0.2) is 0 Å². The molecule has 1 atom stereocenters. The molecule has 1 fully saturated rings. The molecular formula is C17H34Si. The molecule has 0 nitrogen and oxygen atoms in total. The largest absolute Gasteiger partial charge is 0.0958 e. The van der Waals surface area contributed by atoms with E-state index >= 15 is 0 Å². The standard InChI is InChI=1S/C17H34Si/c1-5-6-7-8-9-10-11-16-12-13-17(14-16)15-18(2,3)4/h15-16H,5-14H2,1-4H3/b17-15+. The molecule has 0 radical (unpaired) electrons. The lowest BCUT2D eigenvalue weighted by Gasteiger charge is -2.12. The number of unbranched alkanes of at least 4 members (excludes halogenated alkanes) is 5. The second-order valence-corrected chi connectivity index (χ2v) is 12.4. The monoisotopic (exact) mass is 266 g/mol. The molecule has 0 heterocycles. The van der Waals surface area contributed by atoms with Gasteiger partial charge < -0.3 is 0 Å². The smallest absolute Gasteiger partial charge is 0.0686 e. The van der Waals surface area contributed by atoms with E-state index < -0.39 is 8.07 Å². The van der Waals surface area contributed by atoms with Gasteiger partial charge in [0.1, 0.15) is 0 Å². The average Bonchev–Trinajstić information content (AvgIpc) is 2.68. The van der Waals surface area contributed by atoms with Gasteiger partial charge in [0.2, 0.25) is 0 Å². The van der Waals surface area contributed by atoms with Crippen molar-refractivity contribution >= 4 is 8.07 Å². The lowest BCUT2D eigenvalue weighted by molar-refractivity contribution is 0.467. The minimum Gasteiger partial charge on any atom is -0.0958 e. The lowest BCUT2D eigenvalue weighted by Crippen LogP contribution is -2.16. The van der Waals surface area contributed by atoms with E-state index in [9.17, 15) is 0 Å². The highest BCUT2D eigenvalue weighted by atomic mass is 28.3. The highest BCUT2D eigenvalue weighted by molar-refractivity contribution is 6.81. The van der Waals surface area contributed by atoms with Crippen LogP contribution in [0.1, 0.15) is 71.1 Å². The summed E-state index contributed by atoms with van der Waals surface area (Å²) in [6.45, 7) is 9.67. The predicted molar refractivity (Wildman–Crippen MR) is 86.8 cm³/mol. The van der Waals surface area contributed by atoms with Crippen molar-refractivity contribution in [1.29, 1.82) is 0 Å². The molecule has 0 aromatic rings. The average molecular weight is 267 g/mol. The number of hydrogen-bond acceptors (Lipinski definition) is 0. The van der Waals surface area contributed by atoms with E-state index in [-0.39, 0.29) is 0 Å². The highest BCUT2D eigenvalue weighted by Crippen LogP contribution is 2.34. The van der Waals surface area contributed by atoms with Crippen molar-refractivity contribution in [1.82, 2.24) is 0 Å². The molecule has 0 spiro atoms. The van der Waals surface area contributed by atoms with Gasteiger partial charge >= 0.3 is 0 Å². The van der Waals surface area contributed by atoms with Crippen LogP contribution in [0.15, 0.2) is 11.3 Å². The van der Waals surface area contributed by atoms with Crippen molar-refractivity contribution in [3.63, 3.8) is 0 Å². The summed E-state index contributed by atoms with van der Waals surface area (Å²) in [4.78, 5) is 0. The first-order valence-corrected chi connectivity index (χ1v) is 11.8. The first-order chi connectivity index (χ1) is 8.51. The normalized spacial score (nSPS) is 22.9. The molecule has 1 heteroatoms. The maximum atomic E-state index is 2.66. The molecule has 0 saturated heterocycles. The van der Waals surface area contributed by atoms with Gasteiger partial charge in [-0.05, 0) is 25.2 Å². The highest BCUT2D eigenvalue weighted by Gasteiger charge is 2.21. The first kappa shape index (κ1) is 16.0. The Hall–Kier alpha value is -0.0431. The van der Waals surface area contributed by atoms with Gasteiger partial charge in [0.25, 0.3) is 0 Å². The quantitative estimate of drug-likeness (QED) is 0.355. The van der Waals surface area contributed by atoms with E-state index in [1.54, 1.807) is 5.57 Å². The summed E-state index contributed by atoms with van der Waals surface area (Å²) in [5.41, 5.74) is 4.46. The zero-order valence-electron chi connectivity index (χ0n) is 13.2. The van der Waals surface area contributed by atoms with Gasteiger partial charge in [0.15, 0.2) is 0 Å². The van der Waals surface area contributed by atoms with Crippen LogP contribution < -0.4 is 0 Å². The van der Waals surface area contributed by atoms with Crippen molar-refractivity contribution in [2.24, 2.45) is 5.92 Å². The molecule has 106 valence electrons. The van der Waals surface area contributed by atoms with E-state index in [0.717, 1.165) is 5.92 Å². The minimum absolute atomic E-state index is 0.967. The Bertz CT molecular complexity index is 247. The van der Waals surface area contributed by atoms with Crippen molar-refractivity contribution < 1.29 is 0 Å². The molecule has 18 heavy (non-hydrogen) atoms. The summed E-state index contributed by atoms with van der Waals surface area (Å²) in [6.07, 6.45) is 14.5. The molecule has 1 aliphatic rings. The molecule has 0 aromatic heterocycles. The van der Waals surface area contributed by atoms with E-state index in [2.05, 4.69) is 32.3 Å². The van der Waals surface area contributed by atoms with Crippen LogP contribution >= 0.6 is 0 Å². The zero-order valence-corrected chi connectivity index (χ0v) is 14.2. The van der Waals surface area contributed by atoms with Gasteiger partial charge in [-0.1, -0.05) is 82.8 Å². The third kappa shape index (κ3) is 7.40. The SMILES string of the molecule is CCCCCCCCC1CC/C(=C\[Si](C)(C)C)C1. The third-order valence-corrected chi connectivity index (χ3v) is 5.30. The summed E-state index contributed by atoms with van der Waals surface area (Å²) in [5.74, 6) is 1.03. The fourth-order valence-electron chi connectivity index (χ4n) is 3.17. The second kappa shape index (κ2) is 8.19. The Labute approximate surface area is 116 Å². The molecule has 0 aromatic carbocycles. The van der Waals surface area contributed by atoms with Crippen LogP contribution in [0, 0.1) is 5.92 Å². The maximum absolute atomic E-state index is 2.66. The van der Waals surface area contributed by atoms with E-state index in [1.165, 1.54) is 64.2 Å². The van der Waals surface area contributed by atoms with Crippen molar-refractivity contribution in [3.05, 3.63) is 11.3 Å². The van der Waals surface area contributed by atoms with Crippen LogP contribution in [0.2, 0.25) is 19.6 Å². The Morgan fingerprint density at radius 2 is 1.72 bits per heavy atom. The molecular weight excluding hydrogens is 232 g/mol. The van der Waals surface area contributed by atoms with Gasteiger partial charge in [0.05, 0.1) is 8.07 Å². The molecule has 0 amide bonds. The van der Waals surface area contributed by atoms with Crippen LogP contribution in [0.4, 0.5) is 0 Å². The minimum atomic E-state index is -0.967. The van der Waals surface area contributed by atoms with Gasteiger partial charge in [0, 0.05) is 0 Å². The Kier molecular flexibility index (Phi) is 7.29. The van der Waals surface area contributed by atoms with Gasteiger partial charge in [-0.3, -0.25) is 0 Å². The summed E-state index contributed by atoms with van der Waals surface area (Å²) in [5, 5.41) is 0.